The molecule has 0 heterocycles. The first-order valence-electron chi connectivity index (χ1n) is 11.4. The molecule has 0 N–H and O–H groups in total. The Kier molecular flexibility index (Phi) is 10.7. The summed E-state index contributed by atoms with van der Waals surface area (Å²) in [5, 5.41) is 0. The fourth-order valence-electron chi connectivity index (χ4n) is 4.34. The predicted octanol–water partition coefficient (Wildman–Crippen LogP) is 7.91. The van der Waals surface area contributed by atoms with E-state index in [1.807, 2.05) is 12.1 Å². The molecule has 0 radical (unpaired) electrons. The summed E-state index contributed by atoms with van der Waals surface area (Å²) < 4.78 is 0. The van der Waals surface area contributed by atoms with Gasteiger partial charge in [-0.25, -0.2) is 0 Å². The summed E-state index contributed by atoms with van der Waals surface area (Å²) >= 11 is 0. The van der Waals surface area contributed by atoms with Gasteiger partial charge in [-0.2, -0.15) is 0 Å². The van der Waals surface area contributed by atoms with Gasteiger partial charge in [0.15, 0.2) is 5.78 Å². The third-order valence-electron chi connectivity index (χ3n) is 6.03. The molecule has 0 aliphatic heterocycles. The van der Waals surface area contributed by atoms with E-state index in [1.165, 1.54) is 95.5 Å². The minimum atomic E-state index is 0.268. The number of hydrogen-bond donors (Lipinski definition) is 0. The zero-order chi connectivity index (χ0) is 18.5. The van der Waals surface area contributed by atoms with Crippen LogP contribution < -0.4 is 0 Å². The van der Waals surface area contributed by atoms with Crippen molar-refractivity contribution in [3.8, 4) is 0 Å². The minimum absolute atomic E-state index is 0.268. The molecule has 1 aliphatic rings. The van der Waals surface area contributed by atoms with Crippen molar-refractivity contribution in [1.29, 1.82) is 0 Å². The second kappa shape index (κ2) is 13.1. The molecule has 146 valence electrons. The van der Waals surface area contributed by atoms with E-state index in [-0.39, 0.29) is 5.92 Å². The number of Topliss-reactive ketones (excluding diaryl/α,β-unsaturated/α-hetero) is 1. The van der Waals surface area contributed by atoms with E-state index in [9.17, 15) is 4.79 Å². The van der Waals surface area contributed by atoms with E-state index in [0.717, 1.165) is 18.4 Å². The van der Waals surface area contributed by atoms with Crippen molar-refractivity contribution in [2.24, 2.45) is 5.92 Å². The molecule has 1 nitrogen and oxygen atoms in total. The van der Waals surface area contributed by atoms with Crippen molar-refractivity contribution in [3.05, 3.63) is 35.4 Å². The molecule has 0 aromatic heterocycles. The van der Waals surface area contributed by atoms with Gasteiger partial charge in [0.05, 0.1) is 0 Å². The Morgan fingerprint density at radius 3 is 1.77 bits per heavy atom. The molecule has 1 atom stereocenters. The van der Waals surface area contributed by atoms with E-state index in [4.69, 9.17) is 0 Å². The van der Waals surface area contributed by atoms with Crippen molar-refractivity contribution >= 4 is 5.78 Å². The van der Waals surface area contributed by atoms with Gasteiger partial charge in [-0.15, -0.1) is 0 Å². The molecule has 0 saturated carbocycles. The van der Waals surface area contributed by atoms with Crippen LogP contribution in [0.1, 0.15) is 119 Å². The van der Waals surface area contributed by atoms with Gasteiger partial charge >= 0.3 is 0 Å². The molecule has 0 fully saturated rings. The van der Waals surface area contributed by atoms with Crippen LogP contribution in [-0.2, 0) is 6.42 Å². The molecule has 1 heteroatoms. The topological polar surface area (TPSA) is 17.1 Å². The molecule has 2 rings (SSSR count). The van der Waals surface area contributed by atoms with Gasteiger partial charge in [-0.05, 0) is 18.4 Å². The van der Waals surface area contributed by atoms with Gasteiger partial charge in [0.1, 0.15) is 0 Å². The van der Waals surface area contributed by atoms with Gasteiger partial charge in [0, 0.05) is 11.5 Å². The van der Waals surface area contributed by atoms with Crippen LogP contribution >= 0.6 is 0 Å². The highest BCUT2D eigenvalue weighted by Crippen LogP contribution is 2.30. The van der Waals surface area contributed by atoms with Crippen molar-refractivity contribution < 1.29 is 4.79 Å². The molecule has 0 amide bonds. The first-order valence-corrected chi connectivity index (χ1v) is 11.4. The highest BCUT2D eigenvalue weighted by molar-refractivity contribution is 6.02. The highest BCUT2D eigenvalue weighted by Gasteiger charge is 2.29. The van der Waals surface area contributed by atoms with Gasteiger partial charge in [-0.3, -0.25) is 4.79 Å². The summed E-state index contributed by atoms with van der Waals surface area (Å²) in [6, 6.07) is 8.17. The molecule has 26 heavy (non-hydrogen) atoms. The summed E-state index contributed by atoms with van der Waals surface area (Å²) in [5.41, 5.74) is 2.26. The summed E-state index contributed by atoms with van der Waals surface area (Å²) in [4.78, 5) is 12.4. The van der Waals surface area contributed by atoms with Crippen LogP contribution in [-0.4, -0.2) is 5.78 Å². The lowest BCUT2D eigenvalue weighted by molar-refractivity contribution is 0.0929. The van der Waals surface area contributed by atoms with Crippen LogP contribution in [0.2, 0.25) is 0 Å². The quantitative estimate of drug-likeness (QED) is 0.292. The lowest BCUT2D eigenvalue weighted by atomic mass is 9.96. The van der Waals surface area contributed by atoms with Gasteiger partial charge in [0.25, 0.3) is 0 Å². The van der Waals surface area contributed by atoms with E-state index in [1.54, 1.807) is 0 Å². The Morgan fingerprint density at radius 1 is 0.731 bits per heavy atom. The maximum Gasteiger partial charge on any atom is 0.166 e. The maximum atomic E-state index is 12.4. The summed E-state index contributed by atoms with van der Waals surface area (Å²) in [5.74, 6) is 0.667. The number of ketones is 1. The standard InChI is InChI=1S/C25H40O/c1-2-3-4-5-6-7-8-9-10-11-12-13-14-15-19-23-21-22-18-16-17-20-24(22)25(23)26/h16-18,20,23H,2-15,19,21H2,1H3. The molecule has 1 aromatic rings. The van der Waals surface area contributed by atoms with Crippen LogP contribution in [0.3, 0.4) is 0 Å². The lowest BCUT2D eigenvalue weighted by Crippen LogP contribution is -2.08. The third-order valence-corrected chi connectivity index (χ3v) is 6.03. The average molecular weight is 357 g/mol. The SMILES string of the molecule is CCCCCCCCCCCCCCCCC1Cc2ccccc2C1=O. The molecule has 0 spiro atoms. The molecular formula is C25H40O. The van der Waals surface area contributed by atoms with E-state index in [2.05, 4.69) is 19.1 Å². The van der Waals surface area contributed by atoms with Crippen LogP contribution in [0, 0.1) is 5.92 Å². The Bertz CT molecular complexity index is 505. The summed E-state index contributed by atoms with van der Waals surface area (Å²) in [7, 11) is 0. The number of carbonyl (C=O) groups is 1. The van der Waals surface area contributed by atoms with E-state index >= 15 is 0 Å². The second-order valence-electron chi connectivity index (χ2n) is 8.31. The number of rotatable bonds is 15. The van der Waals surface area contributed by atoms with Gasteiger partial charge < -0.3 is 0 Å². The molecule has 1 aliphatic carbocycles. The van der Waals surface area contributed by atoms with Crippen LogP contribution in [0.5, 0.6) is 0 Å². The number of unbranched alkanes of at least 4 members (excludes halogenated alkanes) is 13. The smallest absolute Gasteiger partial charge is 0.166 e. The van der Waals surface area contributed by atoms with Crippen molar-refractivity contribution in [1.82, 2.24) is 0 Å². The van der Waals surface area contributed by atoms with E-state index < -0.39 is 0 Å². The molecule has 1 unspecified atom stereocenters. The molecular weight excluding hydrogens is 316 g/mol. The zero-order valence-corrected chi connectivity index (χ0v) is 17.1. The number of fused-ring (bicyclic) bond motifs is 1. The fourth-order valence-corrected chi connectivity index (χ4v) is 4.34. The highest BCUT2D eigenvalue weighted by atomic mass is 16.1. The fraction of sp³-hybridized carbons (Fsp3) is 0.720. The largest absolute Gasteiger partial charge is 0.294 e. The monoisotopic (exact) mass is 356 g/mol. The minimum Gasteiger partial charge on any atom is -0.294 e. The molecule has 0 saturated heterocycles. The van der Waals surface area contributed by atoms with Crippen molar-refractivity contribution in [2.45, 2.75) is 110 Å². The van der Waals surface area contributed by atoms with Crippen molar-refractivity contribution in [3.63, 3.8) is 0 Å². The maximum absolute atomic E-state index is 12.4. The molecule has 0 bridgehead atoms. The summed E-state index contributed by atoms with van der Waals surface area (Å²) in [6.07, 6.45) is 21.6. The van der Waals surface area contributed by atoms with Gasteiger partial charge in [-0.1, -0.05) is 121 Å². The first kappa shape index (κ1) is 21.2. The normalized spacial score (nSPS) is 16.2. The Balaban J connectivity index is 1.37. The second-order valence-corrected chi connectivity index (χ2v) is 8.31. The van der Waals surface area contributed by atoms with Crippen molar-refractivity contribution in [2.75, 3.05) is 0 Å². The number of carbonyl (C=O) groups excluding carboxylic acids is 1. The average Bonchev–Trinajstić information content (AvgIpc) is 2.98. The lowest BCUT2D eigenvalue weighted by Gasteiger charge is -2.07. The van der Waals surface area contributed by atoms with E-state index in [0.29, 0.717) is 5.78 Å². The Hall–Kier alpha value is -1.11. The molecule has 1 aromatic carbocycles. The Labute approximate surface area is 162 Å². The summed E-state index contributed by atoms with van der Waals surface area (Å²) in [6.45, 7) is 2.29. The third kappa shape index (κ3) is 7.64. The number of hydrogen-bond acceptors (Lipinski definition) is 1. The predicted molar refractivity (Wildman–Crippen MR) is 113 cm³/mol. The first-order chi connectivity index (χ1) is 12.8. The van der Waals surface area contributed by atoms with Crippen LogP contribution in [0.15, 0.2) is 24.3 Å². The number of benzene rings is 1. The van der Waals surface area contributed by atoms with Crippen LogP contribution in [0.4, 0.5) is 0 Å². The Morgan fingerprint density at radius 2 is 1.23 bits per heavy atom. The van der Waals surface area contributed by atoms with Crippen LogP contribution in [0.25, 0.3) is 0 Å². The zero-order valence-electron chi connectivity index (χ0n) is 17.1. The van der Waals surface area contributed by atoms with Gasteiger partial charge in [0.2, 0.25) is 0 Å².